The average Bonchev–Trinajstić information content (AvgIpc) is 2.37. The summed E-state index contributed by atoms with van der Waals surface area (Å²) in [5, 5.41) is 9.40. The van der Waals surface area contributed by atoms with E-state index in [0.717, 1.165) is 0 Å². The SMILES string of the molecule is COCCOC1(C(=O)O)CCN(C(=O)OC(C)(C)C)CC1. The van der Waals surface area contributed by atoms with E-state index >= 15 is 0 Å². The first-order valence-corrected chi connectivity index (χ1v) is 7.04. The predicted octanol–water partition coefficient (Wildman–Crippen LogP) is 1.50. The molecule has 1 aliphatic heterocycles. The lowest BCUT2D eigenvalue weighted by molar-refractivity contribution is -0.174. The standard InChI is InChI=1S/C14H25NO6/c1-13(2,3)21-12(18)15-7-5-14(6-8-15,11(16)17)20-10-9-19-4/h5-10H2,1-4H3,(H,16,17). The normalized spacial score (nSPS) is 18.4. The molecule has 0 saturated carbocycles. The summed E-state index contributed by atoms with van der Waals surface area (Å²) in [6, 6.07) is 0. The highest BCUT2D eigenvalue weighted by atomic mass is 16.6. The van der Waals surface area contributed by atoms with Crippen molar-refractivity contribution < 1.29 is 28.9 Å². The molecular formula is C14H25NO6. The van der Waals surface area contributed by atoms with Crippen LogP contribution in [-0.2, 0) is 19.0 Å². The number of methoxy groups -OCH3 is 1. The Morgan fingerprint density at radius 3 is 2.19 bits per heavy atom. The minimum absolute atomic E-state index is 0.217. The van der Waals surface area contributed by atoms with Gasteiger partial charge < -0.3 is 24.2 Å². The number of likely N-dealkylation sites (tertiary alicyclic amines) is 1. The fourth-order valence-electron chi connectivity index (χ4n) is 2.12. The van der Waals surface area contributed by atoms with Crippen molar-refractivity contribution in [2.24, 2.45) is 0 Å². The molecule has 0 aliphatic carbocycles. The Morgan fingerprint density at radius 2 is 1.76 bits per heavy atom. The number of nitrogens with zero attached hydrogens (tertiary/aromatic N) is 1. The average molecular weight is 303 g/mol. The lowest BCUT2D eigenvalue weighted by Crippen LogP contribution is -2.53. The van der Waals surface area contributed by atoms with Gasteiger partial charge in [0, 0.05) is 33.0 Å². The van der Waals surface area contributed by atoms with Crippen molar-refractivity contribution in [3.63, 3.8) is 0 Å². The molecule has 1 fully saturated rings. The van der Waals surface area contributed by atoms with E-state index in [2.05, 4.69) is 0 Å². The van der Waals surface area contributed by atoms with Gasteiger partial charge in [0.15, 0.2) is 5.60 Å². The van der Waals surface area contributed by atoms with Gasteiger partial charge in [-0.3, -0.25) is 0 Å². The first-order chi connectivity index (χ1) is 9.70. The van der Waals surface area contributed by atoms with Crippen LogP contribution in [0.4, 0.5) is 4.79 Å². The quantitative estimate of drug-likeness (QED) is 0.775. The molecule has 1 N–H and O–H groups in total. The Labute approximate surface area is 125 Å². The fraction of sp³-hybridized carbons (Fsp3) is 0.857. The van der Waals surface area contributed by atoms with Gasteiger partial charge in [-0.05, 0) is 20.8 Å². The van der Waals surface area contributed by atoms with Crippen LogP contribution in [0.2, 0.25) is 0 Å². The summed E-state index contributed by atoms with van der Waals surface area (Å²) >= 11 is 0. The van der Waals surface area contributed by atoms with E-state index in [1.165, 1.54) is 12.0 Å². The monoisotopic (exact) mass is 303 g/mol. The zero-order valence-electron chi connectivity index (χ0n) is 13.2. The lowest BCUT2D eigenvalue weighted by Gasteiger charge is -2.38. The van der Waals surface area contributed by atoms with E-state index in [9.17, 15) is 14.7 Å². The number of carboxylic acid groups (broad SMARTS) is 1. The van der Waals surface area contributed by atoms with Gasteiger partial charge in [0.1, 0.15) is 5.60 Å². The molecule has 0 spiro atoms. The van der Waals surface area contributed by atoms with Crippen molar-refractivity contribution >= 4 is 12.1 Å². The Morgan fingerprint density at radius 1 is 1.19 bits per heavy atom. The van der Waals surface area contributed by atoms with Gasteiger partial charge in [-0.25, -0.2) is 9.59 Å². The van der Waals surface area contributed by atoms with Gasteiger partial charge in [-0.15, -0.1) is 0 Å². The Hall–Kier alpha value is -1.34. The number of ether oxygens (including phenoxy) is 3. The van der Waals surface area contributed by atoms with Crippen molar-refractivity contribution in [2.75, 3.05) is 33.4 Å². The van der Waals surface area contributed by atoms with Crippen LogP contribution >= 0.6 is 0 Å². The minimum atomic E-state index is -1.24. The molecule has 0 atom stereocenters. The molecule has 0 aromatic rings. The lowest BCUT2D eigenvalue weighted by atomic mass is 9.91. The number of aliphatic carboxylic acids is 1. The number of carbonyl (C=O) groups is 2. The van der Waals surface area contributed by atoms with Gasteiger partial charge >= 0.3 is 12.1 Å². The van der Waals surface area contributed by atoms with Crippen LogP contribution < -0.4 is 0 Å². The molecule has 0 bridgehead atoms. The van der Waals surface area contributed by atoms with E-state index in [-0.39, 0.29) is 19.4 Å². The summed E-state index contributed by atoms with van der Waals surface area (Å²) < 4.78 is 15.7. The fourth-order valence-corrected chi connectivity index (χ4v) is 2.12. The van der Waals surface area contributed by atoms with Crippen LogP contribution in [0.15, 0.2) is 0 Å². The summed E-state index contributed by atoms with van der Waals surface area (Å²) in [5.41, 5.74) is -1.80. The summed E-state index contributed by atoms with van der Waals surface area (Å²) in [5.74, 6) is -0.998. The molecule has 7 heteroatoms. The van der Waals surface area contributed by atoms with Crippen molar-refractivity contribution in [3.05, 3.63) is 0 Å². The van der Waals surface area contributed by atoms with Crippen LogP contribution in [0.25, 0.3) is 0 Å². The van der Waals surface area contributed by atoms with E-state index < -0.39 is 23.3 Å². The predicted molar refractivity (Wildman–Crippen MR) is 75.2 cm³/mol. The molecule has 0 aromatic carbocycles. The number of hydrogen-bond acceptors (Lipinski definition) is 5. The smallest absolute Gasteiger partial charge is 0.410 e. The van der Waals surface area contributed by atoms with Gasteiger partial charge in [-0.1, -0.05) is 0 Å². The highest BCUT2D eigenvalue weighted by Crippen LogP contribution is 2.27. The Balaban J connectivity index is 2.58. The maximum atomic E-state index is 12.0. The van der Waals surface area contributed by atoms with Crippen molar-refractivity contribution in [2.45, 2.75) is 44.8 Å². The van der Waals surface area contributed by atoms with Gasteiger partial charge in [0.25, 0.3) is 0 Å². The number of amides is 1. The molecule has 1 heterocycles. The third kappa shape index (κ3) is 5.17. The molecule has 0 aromatic heterocycles. The van der Waals surface area contributed by atoms with Crippen molar-refractivity contribution in [1.29, 1.82) is 0 Å². The van der Waals surface area contributed by atoms with Crippen molar-refractivity contribution in [3.8, 4) is 0 Å². The van der Waals surface area contributed by atoms with Gasteiger partial charge in [0.05, 0.1) is 13.2 Å². The molecule has 1 saturated heterocycles. The number of hydrogen-bond donors (Lipinski definition) is 1. The molecule has 7 nitrogen and oxygen atoms in total. The largest absolute Gasteiger partial charge is 0.479 e. The van der Waals surface area contributed by atoms with Crippen LogP contribution in [0.3, 0.4) is 0 Å². The number of rotatable bonds is 5. The minimum Gasteiger partial charge on any atom is -0.479 e. The molecule has 1 amide bonds. The Bertz CT molecular complexity index is 368. The molecule has 0 radical (unpaired) electrons. The van der Waals surface area contributed by atoms with Crippen LogP contribution in [0.1, 0.15) is 33.6 Å². The number of carboxylic acids is 1. The zero-order chi connectivity index (χ0) is 16.1. The van der Waals surface area contributed by atoms with Gasteiger partial charge in [-0.2, -0.15) is 0 Å². The molecule has 21 heavy (non-hydrogen) atoms. The van der Waals surface area contributed by atoms with Gasteiger partial charge in [0.2, 0.25) is 0 Å². The summed E-state index contributed by atoms with van der Waals surface area (Å²) in [6.45, 7) is 6.54. The third-order valence-electron chi connectivity index (χ3n) is 3.28. The maximum Gasteiger partial charge on any atom is 0.410 e. The highest BCUT2D eigenvalue weighted by Gasteiger charge is 2.44. The summed E-state index contributed by atoms with van der Waals surface area (Å²) in [4.78, 5) is 24.9. The van der Waals surface area contributed by atoms with E-state index in [4.69, 9.17) is 14.2 Å². The zero-order valence-corrected chi connectivity index (χ0v) is 13.2. The first kappa shape index (κ1) is 17.7. The molecular weight excluding hydrogens is 278 g/mol. The van der Waals surface area contributed by atoms with Crippen LogP contribution in [0.5, 0.6) is 0 Å². The second-order valence-electron chi connectivity index (χ2n) is 6.11. The molecule has 0 unspecified atom stereocenters. The molecule has 1 rings (SSSR count). The maximum absolute atomic E-state index is 12.0. The van der Waals surface area contributed by atoms with E-state index in [0.29, 0.717) is 19.7 Å². The van der Waals surface area contributed by atoms with Crippen LogP contribution in [-0.4, -0.2) is 66.7 Å². The summed E-state index contributed by atoms with van der Waals surface area (Å²) in [6.07, 6.45) is 0.0646. The summed E-state index contributed by atoms with van der Waals surface area (Å²) in [7, 11) is 1.53. The second kappa shape index (κ2) is 7.09. The third-order valence-corrected chi connectivity index (χ3v) is 3.28. The van der Waals surface area contributed by atoms with Crippen LogP contribution in [0, 0.1) is 0 Å². The number of piperidine rings is 1. The second-order valence-corrected chi connectivity index (χ2v) is 6.11. The van der Waals surface area contributed by atoms with E-state index in [1.807, 2.05) is 0 Å². The first-order valence-electron chi connectivity index (χ1n) is 7.04. The van der Waals surface area contributed by atoms with E-state index in [1.54, 1.807) is 20.8 Å². The molecule has 122 valence electrons. The van der Waals surface area contributed by atoms with Crippen molar-refractivity contribution in [1.82, 2.24) is 4.90 Å². The Kier molecular flexibility index (Phi) is 5.98. The topological polar surface area (TPSA) is 85.3 Å². The highest BCUT2D eigenvalue weighted by molar-refractivity contribution is 5.78. The number of carbonyl (C=O) groups excluding carboxylic acids is 1. The molecule has 1 aliphatic rings.